The lowest BCUT2D eigenvalue weighted by Crippen LogP contribution is -2.12. The normalized spacial score (nSPS) is 10.2. The number of aromatic nitrogens is 2. The summed E-state index contributed by atoms with van der Waals surface area (Å²) in [5, 5.41) is 6.39. The Labute approximate surface area is 121 Å². The number of thiazole rings is 1. The van der Waals surface area contributed by atoms with Crippen molar-refractivity contribution in [3.8, 4) is 0 Å². The SMILES string of the molecule is CNc1ncc(C(=O)Nc2ncc(Br)s2)cc1Cl. The van der Waals surface area contributed by atoms with Crippen molar-refractivity contribution in [2.45, 2.75) is 0 Å². The van der Waals surface area contributed by atoms with Crippen LogP contribution in [0.15, 0.2) is 22.2 Å². The number of nitrogens with zero attached hydrogens (tertiary/aromatic N) is 2. The fraction of sp³-hybridized carbons (Fsp3) is 0.100. The minimum atomic E-state index is -0.297. The molecule has 18 heavy (non-hydrogen) atoms. The summed E-state index contributed by atoms with van der Waals surface area (Å²) in [4.78, 5) is 19.9. The number of hydrogen-bond donors (Lipinski definition) is 2. The van der Waals surface area contributed by atoms with E-state index in [1.165, 1.54) is 17.5 Å². The van der Waals surface area contributed by atoms with Gasteiger partial charge in [0.25, 0.3) is 5.91 Å². The number of rotatable bonds is 3. The standard InChI is InChI=1S/C10H8BrClN4OS/c1-13-8-6(12)2-5(3-14-8)9(17)16-10-15-4-7(11)18-10/h2-4H,1H3,(H,13,14)(H,15,16,17). The largest absolute Gasteiger partial charge is 0.372 e. The van der Waals surface area contributed by atoms with E-state index in [1.54, 1.807) is 19.3 Å². The van der Waals surface area contributed by atoms with E-state index in [0.29, 0.717) is 21.5 Å². The van der Waals surface area contributed by atoms with Crippen LogP contribution in [0.25, 0.3) is 0 Å². The first-order chi connectivity index (χ1) is 8.60. The lowest BCUT2D eigenvalue weighted by molar-refractivity contribution is 0.102. The van der Waals surface area contributed by atoms with Gasteiger partial charge in [0.15, 0.2) is 5.13 Å². The van der Waals surface area contributed by atoms with E-state index < -0.39 is 0 Å². The molecule has 2 heterocycles. The van der Waals surface area contributed by atoms with Crippen LogP contribution in [0.4, 0.5) is 10.9 Å². The molecule has 0 spiro atoms. The second kappa shape index (κ2) is 5.64. The summed E-state index contributed by atoms with van der Waals surface area (Å²) in [6.45, 7) is 0. The maximum atomic E-state index is 11.9. The van der Waals surface area contributed by atoms with Gasteiger partial charge in [-0.05, 0) is 22.0 Å². The van der Waals surface area contributed by atoms with E-state index in [1.807, 2.05) is 0 Å². The van der Waals surface area contributed by atoms with E-state index in [0.717, 1.165) is 3.79 Å². The van der Waals surface area contributed by atoms with Gasteiger partial charge in [0.1, 0.15) is 5.82 Å². The summed E-state index contributed by atoms with van der Waals surface area (Å²) >= 11 is 10.6. The molecule has 2 aromatic rings. The van der Waals surface area contributed by atoms with Crippen molar-refractivity contribution in [2.75, 3.05) is 17.7 Å². The molecule has 2 rings (SSSR count). The molecule has 2 aromatic heterocycles. The maximum Gasteiger partial charge on any atom is 0.259 e. The molecule has 0 aliphatic heterocycles. The van der Waals surface area contributed by atoms with Gasteiger partial charge in [0, 0.05) is 13.2 Å². The van der Waals surface area contributed by atoms with Crippen LogP contribution in [0.5, 0.6) is 0 Å². The zero-order valence-corrected chi connectivity index (χ0v) is 12.4. The van der Waals surface area contributed by atoms with E-state index in [-0.39, 0.29) is 5.91 Å². The van der Waals surface area contributed by atoms with Gasteiger partial charge in [0.2, 0.25) is 0 Å². The third-order valence-corrected chi connectivity index (χ3v) is 3.72. The fourth-order valence-corrected chi connectivity index (χ4v) is 2.59. The quantitative estimate of drug-likeness (QED) is 0.894. The highest BCUT2D eigenvalue weighted by Crippen LogP contribution is 2.24. The van der Waals surface area contributed by atoms with Crippen molar-refractivity contribution in [3.05, 3.63) is 32.8 Å². The number of carbonyl (C=O) groups is 1. The highest BCUT2D eigenvalue weighted by atomic mass is 79.9. The molecule has 0 saturated carbocycles. The summed E-state index contributed by atoms with van der Waals surface area (Å²) in [6.07, 6.45) is 3.07. The monoisotopic (exact) mass is 346 g/mol. The number of hydrogen-bond acceptors (Lipinski definition) is 5. The Kier molecular flexibility index (Phi) is 4.15. The molecule has 8 heteroatoms. The van der Waals surface area contributed by atoms with Gasteiger partial charge in [-0.3, -0.25) is 10.1 Å². The molecule has 94 valence electrons. The molecule has 0 aliphatic rings. The van der Waals surface area contributed by atoms with Crippen LogP contribution >= 0.6 is 38.9 Å². The molecular weight excluding hydrogens is 340 g/mol. The first-order valence-electron chi connectivity index (χ1n) is 4.86. The predicted octanol–water partition coefficient (Wildman–Crippen LogP) is 3.25. The number of anilines is 2. The lowest BCUT2D eigenvalue weighted by Gasteiger charge is -2.05. The van der Waals surface area contributed by atoms with Crippen molar-refractivity contribution in [1.29, 1.82) is 0 Å². The highest BCUT2D eigenvalue weighted by molar-refractivity contribution is 9.11. The smallest absolute Gasteiger partial charge is 0.259 e. The summed E-state index contributed by atoms with van der Waals surface area (Å²) in [6, 6.07) is 1.55. The van der Waals surface area contributed by atoms with Crippen LogP contribution < -0.4 is 10.6 Å². The van der Waals surface area contributed by atoms with Crippen molar-refractivity contribution in [3.63, 3.8) is 0 Å². The Balaban J connectivity index is 2.16. The number of nitrogens with one attached hydrogen (secondary N) is 2. The molecular formula is C10H8BrClN4OS. The van der Waals surface area contributed by atoms with Gasteiger partial charge < -0.3 is 5.32 Å². The first kappa shape index (κ1) is 13.3. The molecule has 0 atom stereocenters. The molecule has 0 unspecified atom stereocenters. The van der Waals surface area contributed by atoms with Crippen LogP contribution in [0.2, 0.25) is 5.02 Å². The van der Waals surface area contributed by atoms with Crippen molar-refractivity contribution in [2.24, 2.45) is 0 Å². The number of amides is 1. The van der Waals surface area contributed by atoms with Crippen LogP contribution in [-0.2, 0) is 0 Å². The van der Waals surface area contributed by atoms with Crippen molar-refractivity contribution >= 4 is 55.7 Å². The van der Waals surface area contributed by atoms with Crippen molar-refractivity contribution < 1.29 is 4.79 Å². The molecule has 0 radical (unpaired) electrons. The molecule has 0 fully saturated rings. The van der Waals surface area contributed by atoms with Gasteiger partial charge in [-0.15, -0.1) is 0 Å². The fourth-order valence-electron chi connectivity index (χ4n) is 1.23. The second-order valence-corrected chi connectivity index (χ2v) is 6.05. The van der Waals surface area contributed by atoms with Gasteiger partial charge in [-0.2, -0.15) is 0 Å². The Morgan fingerprint density at radius 2 is 2.22 bits per heavy atom. The average Bonchev–Trinajstić information content (AvgIpc) is 2.74. The van der Waals surface area contributed by atoms with Gasteiger partial charge in [-0.1, -0.05) is 22.9 Å². The van der Waals surface area contributed by atoms with Crippen LogP contribution in [-0.4, -0.2) is 22.9 Å². The zero-order chi connectivity index (χ0) is 13.1. The number of pyridine rings is 1. The summed E-state index contributed by atoms with van der Waals surface area (Å²) in [5.41, 5.74) is 0.380. The average molecular weight is 348 g/mol. The lowest BCUT2D eigenvalue weighted by atomic mass is 10.2. The molecule has 0 aromatic carbocycles. The Morgan fingerprint density at radius 3 is 2.78 bits per heavy atom. The summed E-state index contributed by atoms with van der Waals surface area (Å²) < 4.78 is 0.847. The molecule has 0 saturated heterocycles. The summed E-state index contributed by atoms with van der Waals surface area (Å²) in [7, 11) is 1.71. The van der Waals surface area contributed by atoms with E-state index in [4.69, 9.17) is 11.6 Å². The Hall–Kier alpha value is -1.18. The minimum Gasteiger partial charge on any atom is -0.372 e. The topological polar surface area (TPSA) is 66.9 Å². The van der Waals surface area contributed by atoms with Gasteiger partial charge in [-0.25, -0.2) is 9.97 Å². The molecule has 0 bridgehead atoms. The Bertz CT molecular complexity index is 589. The minimum absolute atomic E-state index is 0.297. The molecule has 1 amide bonds. The van der Waals surface area contributed by atoms with Gasteiger partial charge >= 0.3 is 0 Å². The number of halogens is 2. The molecule has 2 N–H and O–H groups in total. The van der Waals surface area contributed by atoms with Crippen LogP contribution in [0.3, 0.4) is 0 Å². The molecule has 0 aliphatic carbocycles. The van der Waals surface area contributed by atoms with Gasteiger partial charge in [0.05, 0.1) is 20.6 Å². The van der Waals surface area contributed by atoms with Crippen LogP contribution in [0, 0.1) is 0 Å². The van der Waals surface area contributed by atoms with Crippen LogP contribution in [0.1, 0.15) is 10.4 Å². The second-order valence-electron chi connectivity index (χ2n) is 3.23. The summed E-state index contributed by atoms with van der Waals surface area (Å²) in [5.74, 6) is 0.235. The number of carbonyl (C=O) groups excluding carboxylic acids is 1. The first-order valence-corrected chi connectivity index (χ1v) is 6.85. The van der Waals surface area contributed by atoms with E-state index in [2.05, 4.69) is 36.5 Å². The third kappa shape index (κ3) is 2.98. The van der Waals surface area contributed by atoms with Crippen molar-refractivity contribution in [1.82, 2.24) is 9.97 Å². The van der Waals surface area contributed by atoms with E-state index in [9.17, 15) is 4.79 Å². The predicted molar refractivity (Wildman–Crippen MR) is 76.6 cm³/mol. The van der Waals surface area contributed by atoms with E-state index >= 15 is 0 Å². The molecule has 5 nitrogen and oxygen atoms in total. The zero-order valence-electron chi connectivity index (χ0n) is 9.20. The highest BCUT2D eigenvalue weighted by Gasteiger charge is 2.11. The Morgan fingerprint density at radius 1 is 1.44 bits per heavy atom. The maximum absolute atomic E-state index is 11.9. The third-order valence-electron chi connectivity index (χ3n) is 2.04.